The highest BCUT2D eigenvalue weighted by atomic mass is 19.3. The van der Waals surface area contributed by atoms with Crippen molar-refractivity contribution in [3.05, 3.63) is 93.9 Å². The third kappa shape index (κ3) is 4.25. The first-order chi connectivity index (χ1) is 14.2. The van der Waals surface area contributed by atoms with Crippen LogP contribution in [0, 0.1) is 5.82 Å². The second-order valence-electron chi connectivity index (χ2n) is 6.60. The van der Waals surface area contributed by atoms with Crippen LogP contribution in [0.2, 0.25) is 0 Å². The van der Waals surface area contributed by atoms with Crippen molar-refractivity contribution in [1.29, 1.82) is 0 Å². The number of halogens is 3. The lowest BCUT2D eigenvalue weighted by Crippen LogP contribution is -2.30. The van der Waals surface area contributed by atoms with E-state index in [0.717, 1.165) is 6.07 Å². The minimum absolute atomic E-state index is 0.121. The van der Waals surface area contributed by atoms with Gasteiger partial charge in [0.25, 0.3) is 17.4 Å². The van der Waals surface area contributed by atoms with Crippen LogP contribution < -0.4 is 10.9 Å². The third-order valence-electron chi connectivity index (χ3n) is 4.55. The van der Waals surface area contributed by atoms with Crippen LogP contribution >= 0.6 is 0 Å². The van der Waals surface area contributed by atoms with Crippen LogP contribution in [-0.4, -0.2) is 27.2 Å². The molecule has 0 fully saturated rings. The van der Waals surface area contributed by atoms with Gasteiger partial charge in [-0.1, -0.05) is 12.1 Å². The Balaban J connectivity index is 1.87. The number of rotatable bonds is 6. The lowest BCUT2D eigenvalue weighted by Gasteiger charge is -2.20. The zero-order valence-corrected chi connectivity index (χ0v) is 15.8. The molecule has 1 aromatic carbocycles. The predicted molar refractivity (Wildman–Crippen MR) is 103 cm³/mol. The van der Waals surface area contributed by atoms with Crippen LogP contribution in [0.25, 0.3) is 5.69 Å². The molecular formula is C21H18F3N3O3. The Morgan fingerprint density at radius 3 is 2.57 bits per heavy atom. The van der Waals surface area contributed by atoms with Crippen molar-refractivity contribution in [2.45, 2.75) is 18.9 Å². The average Bonchev–Trinajstić information content (AvgIpc) is 2.74. The molecular weight excluding hydrogens is 399 g/mol. The smallest absolute Gasteiger partial charge is 0.298 e. The van der Waals surface area contributed by atoms with E-state index in [9.17, 15) is 22.8 Å². The fraction of sp³-hybridized carbons (Fsp3) is 0.190. The fourth-order valence-corrected chi connectivity index (χ4v) is 2.94. The lowest BCUT2D eigenvalue weighted by atomic mass is 10.00. The molecule has 0 aliphatic heterocycles. The van der Waals surface area contributed by atoms with Gasteiger partial charge in [0, 0.05) is 30.2 Å². The molecule has 1 atom stereocenters. The number of aliphatic hydroxyl groups excluding tert-OH is 1. The molecule has 156 valence electrons. The summed E-state index contributed by atoms with van der Waals surface area (Å²) in [5, 5.41) is 11.4. The normalized spacial score (nSPS) is 12.4. The van der Waals surface area contributed by atoms with Crippen molar-refractivity contribution in [3.8, 4) is 5.69 Å². The summed E-state index contributed by atoms with van der Waals surface area (Å²) in [7, 11) is 0. The van der Waals surface area contributed by atoms with E-state index in [0.29, 0.717) is 5.69 Å². The number of hydrogen-bond donors (Lipinski definition) is 2. The second-order valence-corrected chi connectivity index (χ2v) is 6.60. The molecule has 0 unspecified atom stereocenters. The summed E-state index contributed by atoms with van der Waals surface area (Å²) in [6, 6.07) is 8.14. The van der Waals surface area contributed by atoms with Gasteiger partial charge in [-0.2, -0.15) is 8.78 Å². The first kappa shape index (κ1) is 21.3. The predicted octanol–water partition coefficient (Wildman–Crippen LogP) is 2.95. The third-order valence-corrected chi connectivity index (χ3v) is 4.55. The van der Waals surface area contributed by atoms with Crippen molar-refractivity contribution in [2.75, 3.05) is 6.61 Å². The number of aromatic nitrogens is 2. The van der Waals surface area contributed by atoms with Gasteiger partial charge in [-0.15, -0.1) is 0 Å². The molecule has 2 N–H and O–H groups in total. The van der Waals surface area contributed by atoms with Crippen molar-refractivity contribution in [2.24, 2.45) is 0 Å². The van der Waals surface area contributed by atoms with Gasteiger partial charge in [0.05, 0.1) is 22.9 Å². The van der Waals surface area contributed by atoms with Crippen molar-refractivity contribution in [3.63, 3.8) is 0 Å². The number of carbonyl (C=O) groups excluding carboxylic acids is 1. The zero-order valence-electron chi connectivity index (χ0n) is 15.8. The molecule has 0 bridgehead atoms. The summed E-state index contributed by atoms with van der Waals surface area (Å²) in [6.07, 6.45) is 4.31. The summed E-state index contributed by atoms with van der Waals surface area (Å²) >= 11 is 0. The monoisotopic (exact) mass is 417 g/mol. The first-order valence-electron chi connectivity index (χ1n) is 8.96. The topological polar surface area (TPSA) is 84.2 Å². The number of aliphatic hydroxyl groups is 1. The molecule has 3 aromatic rings. The van der Waals surface area contributed by atoms with Crippen molar-refractivity contribution < 1.29 is 23.1 Å². The first-order valence-corrected chi connectivity index (χ1v) is 8.96. The summed E-state index contributed by atoms with van der Waals surface area (Å²) in [5.74, 6) is -5.57. The maximum Gasteiger partial charge on any atom is 0.298 e. The molecule has 0 aliphatic carbocycles. The minimum atomic E-state index is -3.75. The highest BCUT2D eigenvalue weighted by Crippen LogP contribution is 2.32. The van der Waals surface area contributed by atoms with E-state index >= 15 is 0 Å². The van der Waals surface area contributed by atoms with Crippen LogP contribution in [0.1, 0.15) is 34.5 Å². The molecule has 0 spiro atoms. The van der Waals surface area contributed by atoms with Gasteiger partial charge in [-0.05, 0) is 31.2 Å². The van der Waals surface area contributed by atoms with Crippen LogP contribution in [-0.2, 0) is 5.92 Å². The molecule has 30 heavy (non-hydrogen) atoms. The minimum Gasteiger partial charge on any atom is -0.390 e. The Labute approximate surface area is 169 Å². The molecule has 9 heteroatoms. The van der Waals surface area contributed by atoms with E-state index in [4.69, 9.17) is 5.11 Å². The molecule has 0 saturated carbocycles. The van der Waals surface area contributed by atoms with Crippen LogP contribution in [0.3, 0.4) is 0 Å². The zero-order chi connectivity index (χ0) is 21.9. The number of benzene rings is 1. The number of hydrogen-bond acceptors (Lipinski definition) is 4. The Hall–Kier alpha value is -3.46. The molecule has 3 rings (SSSR count). The molecule has 0 aliphatic rings. The van der Waals surface area contributed by atoms with E-state index in [1.807, 2.05) is 0 Å². The van der Waals surface area contributed by atoms with E-state index in [-0.39, 0.29) is 16.7 Å². The van der Waals surface area contributed by atoms with Crippen molar-refractivity contribution >= 4 is 5.91 Å². The van der Waals surface area contributed by atoms with E-state index < -0.39 is 35.9 Å². The summed E-state index contributed by atoms with van der Waals surface area (Å²) < 4.78 is 43.3. The Morgan fingerprint density at radius 1 is 1.20 bits per heavy atom. The van der Waals surface area contributed by atoms with E-state index in [1.54, 1.807) is 12.1 Å². The average molecular weight is 417 g/mol. The van der Waals surface area contributed by atoms with Gasteiger partial charge in [-0.3, -0.25) is 19.1 Å². The fourth-order valence-electron chi connectivity index (χ4n) is 2.94. The molecule has 0 saturated heterocycles. The van der Waals surface area contributed by atoms with E-state index in [1.165, 1.54) is 54.3 Å². The Bertz CT molecular complexity index is 1120. The van der Waals surface area contributed by atoms with E-state index in [2.05, 4.69) is 10.3 Å². The summed E-state index contributed by atoms with van der Waals surface area (Å²) in [6.45, 7) is -0.0965. The van der Waals surface area contributed by atoms with Gasteiger partial charge < -0.3 is 10.4 Å². The Morgan fingerprint density at radius 2 is 1.90 bits per heavy atom. The summed E-state index contributed by atoms with van der Waals surface area (Å²) in [4.78, 5) is 28.6. The molecule has 2 heterocycles. The number of carbonyl (C=O) groups is 1. The number of amides is 1. The molecule has 0 radical (unpaired) electrons. The van der Waals surface area contributed by atoms with Gasteiger partial charge in [-0.25, -0.2) is 4.39 Å². The van der Waals surface area contributed by atoms with Crippen molar-refractivity contribution in [1.82, 2.24) is 14.9 Å². The SMILES string of the molecule is C[C@@H](NC(=O)c1ccc(=O)n(-c2ccncc2)c1)c1cccc(C(F)(F)CO)c1F. The van der Waals surface area contributed by atoms with Gasteiger partial charge in [0.15, 0.2) is 0 Å². The highest BCUT2D eigenvalue weighted by molar-refractivity contribution is 5.94. The number of nitrogens with one attached hydrogen (secondary N) is 1. The molecule has 6 nitrogen and oxygen atoms in total. The summed E-state index contributed by atoms with van der Waals surface area (Å²) in [5.41, 5.74) is -0.847. The Kier molecular flexibility index (Phi) is 6.02. The maximum atomic E-state index is 14.6. The van der Waals surface area contributed by atoms with Gasteiger partial charge >= 0.3 is 0 Å². The van der Waals surface area contributed by atoms with Crippen LogP contribution in [0.4, 0.5) is 13.2 Å². The molecule has 2 aromatic heterocycles. The standard InChI is InChI=1S/C21H18F3N3O3/c1-13(16-3-2-4-17(19(16)22)21(23,24)12-28)26-20(30)14-5-6-18(29)27(11-14)15-7-9-25-10-8-15/h2-11,13,28H,12H2,1H3,(H,26,30)/t13-/m1/s1. The maximum absolute atomic E-state index is 14.6. The quantitative estimate of drug-likeness (QED) is 0.646. The number of pyridine rings is 2. The largest absolute Gasteiger partial charge is 0.390 e. The number of nitrogens with zero attached hydrogens (tertiary/aromatic N) is 2. The van der Waals surface area contributed by atoms with Gasteiger partial charge in [0.1, 0.15) is 12.4 Å². The van der Waals surface area contributed by atoms with Crippen LogP contribution in [0.15, 0.2) is 65.8 Å². The lowest BCUT2D eigenvalue weighted by molar-refractivity contribution is -0.0584. The molecule has 1 amide bonds. The highest BCUT2D eigenvalue weighted by Gasteiger charge is 2.35. The van der Waals surface area contributed by atoms with Gasteiger partial charge in [0.2, 0.25) is 0 Å². The van der Waals surface area contributed by atoms with Crippen LogP contribution in [0.5, 0.6) is 0 Å². The number of alkyl halides is 2. The second kappa shape index (κ2) is 8.50.